The number of carbonyl (C=O) groups excluding carboxylic acids is 1. The fourth-order valence-electron chi connectivity index (χ4n) is 2.15. The minimum atomic E-state index is -0.0937. The maximum atomic E-state index is 12.1. The number of thiazole rings is 1. The van der Waals surface area contributed by atoms with Gasteiger partial charge in [-0.25, -0.2) is 4.98 Å². The SMILES string of the molecule is O=C(N[C@H]1CCCNC1)c1csc(-c2ccc(Cl)s2)n1. The van der Waals surface area contributed by atoms with E-state index in [1.165, 1.54) is 22.7 Å². The predicted molar refractivity (Wildman–Crippen MR) is 83.8 cm³/mol. The highest BCUT2D eigenvalue weighted by atomic mass is 35.5. The van der Waals surface area contributed by atoms with E-state index in [9.17, 15) is 4.79 Å². The van der Waals surface area contributed by atoms with Crippen LogP contribution >= 0.6 is 34.3 Å². The van der Waals surface area contributed by atoms with Gasteiger partial charge in [0.05, 0.1) is 9.21 Å². The zero-order chi connectivity index (χ0) is 13.9. The number of piperidine rings is 1. The lowest BCUT2D eigenvalue weighted by atomic mass is 10.1. The fraction of sp³-hybridized carbons (Fsp3) is 0.385. The van der Waals surface area contributed by atoms with Crippen molar-refractivity contribution in [3.8, 4) is 9.88 Å². The van der Waals surface area contributed by atoms with Crippen LogP contribution in [0.4, 0.5) is 0 Å². The Morgan fingerprint density at radius 3 is 3.10 bits per heavy atom. The maximum absolute atomic E-state index is 12.1. The van der Waals surface area contributed by atoms with Crippen molar-refractivity contribution in [2.45, 2.75) is 18.9 Å². The Bertz CT molecular complexity index is 604. The third-order valence-electron chi connectivity index (χ3n) is 3.15. The first-order valence-electron chi connectivity index (χ1n) is 6.45. The highest BCUT2D eigenvalue weighted by Crippen LogP contribution is 2.32. The molecule has 1 atom stereocenters. The Morgan fingerprint density at radius 2 is 2.40 bits per heavy atom. The van der Waals surface area contributed by atoms with Crippen LogP contribution in [0.2, 0.25) is 4.34 Å². The predicted octanol–water partition coefficient (Wildman–Crippen LogP) is 3.01. The van der Waals surface area contributed by atoms with E-state index in [0.717, 1.165) is 40.2 Å². The summed E-state index contributed by atoms with van der Waals surface area (Å²) in [6, 6.07) is 3.98. The van der Waals surface area contributed by atoms with E-state index >= 15 is 0 Å². The van der Waals surface area contributed by atoms with Crippen molar-refractivity contribution in [2.24, 2.45) is 0 Å². The molecular weight excluding hydrogens is 314 g/mol. The number of carbonyl (C=O) groups is 1. The third kappa shape index (κ3) is 3.20. The lowest BCUT2D eigenvalue weighted by molar-refractivity contribution is 0.0926. The molecule has 1 aliphatic rings. The van der Waals surface area contributed by atoms with Crippen LogP contribution < -0.4 is 10.6 Å². The van der Waals surface area contributed by atoms with Crippen LogP contribution in [-0.2, 0) is 0 Å². The van der Waals surface area contributed by atoms with E-state index in [2.05, 4.69) is 15.6 Å². The molecule has 1 aliphatic heterocycles. The lowest BCUT2D eigenvalue weighted by Crippen LogP contribution is -2.45. The second-order valence-corrected chi connectivity index (χ2v) is 7.23. The topological polar surface area (TPSA) is 54.0 Å². The van der Waals surface area contributed by atoms with Crippen LogP contribution in [0.25, 0.3) is 9.88 Å². The van der Waals surface area contributed by atoms with E-state index in [1.807, 2.05) is 12.1 Å². The van der Waals surface area contributed by atoms with E-state index in [0.29, 0.717) is 5.69 Å². The summed E-state index contributed by atoms with van der Waals surface area (Å²) in [6.07, 6.45) is 2.12. The van der Waals surface area contributed by atoms with Gasteiger partial charge < -0.3 is 10.6 Å². The van der Waals surface area contributed by atoms with Gasteiger partial charge in [0.25, 0.3) is 5.91 Å². The summed E-state index contributed by atoms with van der Waals surface area (Å²) in [5.74, 6) is -0.0937. The zero-order valence-electron chi connectivity index (χ0n) is 10.7. The minimum absolute atomic E-state index is 0.0937. The Balaban J connectivity index is 1.68. The summed E-state index contributed by atoms with van der Waals surface area (Å²) >= 11 is 8.86. The molecule has 1 fully saturated rings. The van der Waals surface area contributed by atoms with Crippen molar-refractivity contribution >= 4 is 40.2 Å². The van der Waals surface area contributed by atoms with Crippen molar-refractivity contribution in [2.75, 3.05) is 13.1 Å². The first-order chi connectivity index (χ1) is 9.72. The van der Waals surface area contributed by atoms with Gasteiger partial charge in [0.2, 0.25) is 0 Å². The van der Waals surface area contributed by atoms with Crippen molar-refractivity contribution in [3.05, 3.63) is 27.5 Å². The highest BCUT2D eigenvalue weighted by molar-refractivity contribution is 7.23. The summed E-state index contributed by atoms with van der Waals surface area (Å²) < 4.78 is 0.731. The van der Waals surface area contributed by atoms with E-state index in [1.54, 1.807) is 5.38 Å². The molecule has 4 nitrogen and oxygen atoms in total. The highest BCUT2D eigenvalue weighted by Gasteiger charge is 2.18. The van der Waals surface area contributed by atoms with Gasteiger partial charge in [0.15, 0.2) is 0 Å². The Labute approximate surface area is 130 Å². The largest absolute Gasteiger partial charge is 0.347 e. The second-order valence-electron chi connectivity index (χ2n) is 4.66. The van der Waals surface area contributed by atoms with Gasteiger partial charge in [-0.15, -0.1) is 22.7 Å². The van der Waals surface area contributed by atoms with Crippen molar-refractivity contribution < 1.29 is 4.79 Å². The second kappa shape index (κ2) is 6.22. The van der Waals surface area contributed by atoms with Crippen LogP contribution in [0, 0.1) is 0 Å². The van der Waals surface area contributed by atoms with Gasteiger partial charge in [-0.2, -0.15) is 0 Å². The molecule has 0 saturated carbocycles. The number of hydrogen-bond acceptors (Lipinski definition) is 5. The minimum Gasteiger partial charge on any atom is -0.347 e. The van der Waals surface area contributed by atoms with Crippen LogP contribution in [0.3, 0.4) is 0 Å². The number of aromatic nitrogens is 1. The Morgan fingerprint density at radius 1 is 1.50 bits per heavy atom. The summed E-state index contributed by atoms with van der Waals surface area (Å²) in [5.41, 5.74) is 0.486. The Hall–Kier alpha value is -0.950. The lowest BCUT2D eigenvalue weighted by Gasteiger charge is -2.23. The molecule has 0 spiro atoms. The molecule has 0 aromatic carbocycles. The average molecular weight is 328 g/mol. The van der Waals surface area contributed by atoms with Gasteiger partial charge in [0, 0.05) is 18.0 Å². The number of thiophene rings is 1. The molecule has 2 N–H and O–H groups in total. The molecule has 0 radical (unpaired) electrons. The molecule has 1 amide bonds. The summed E-state index contributed by atoms with van der Waals surface area (Å²) in [4.78, 5) is 17.5. The molecule has 3 rings (SSSR count). The summed E-state index contributed by atoms with van der Waals surface area (Å²) in [5, 5.41) is 8.95. The monoisotopic (exact) mass is 327 g/mol. The average Bonchev–Trinajstić information content (AvgIpc) is 3.08. The van der Waals surface area contributed by atoms with Crippen molar-refractivity contribution in [3.63, 3.8) is 0 Å². The number of amides is 1. The number of halogens is 1. The molecule has 2 aromatic heterocycles. The van der Waals surface area contributed by atoms with Gasteiger partial charge in [-0.1, -0.05) is 11.6 Å². The molecule has 106 valence electrons. The van der Waals surface area contributed by atoms with E-state index in [4.69, 9.17) is 11.6 Å². The van der Waals surface area contributed by atoms with E-state index < -0.39 is 0 Å². The molecule has 0 bridgehead atoms. The molecule has 1 saturated heterocycles. The van der Waals surface area contributed by atoms with Crippen molar-refractivity contribution in [1.82, 2.24) is 15.6 Å². The van der Waals surface area contributed by atoms with Crippen LogP contribution in [-0.4, -0.2) is 30.0 Å². The molecule has 7 heteroatoms. The standard InChI is InChI=1S/C13H14ClN3OS2/c14-11-4-3-10(20-11)13-17-9(7-19-13)12(18)16-8-2-1-5-15-6-8/h3-4,7-8,15H,1-2,5-6H2,(H,16,18)/t8-/m0/s1. The van der Waals surface area contributed by atoms with Crippen molar-refractivity contribution in [1.29, 1.82) is 0 Å². The maximum Gasteiger partial charge on any atom is 0.271 e. The summed E-state index contributed by atoms with van der Waals surface area (Å²) in [7, 11) is 0. The zero-order valence-corrected chi connectivity index (χ0v) is 13.1. The van der Waals surface area contributed by atoms with E-state index in [-0.39, 0.29) is 11.9 Å². The summed E-state index contributed by atoms with van der Waals surface area (Å²) in [6.45, 7) is 1.87. The third-order valence-corrected chi connectivity index (χ3v) is 5.40. The first-order valence-corrected chi connectivity index (χ1v) is 8.52. The smallest absolute Gasteiger partial charge is 0.271 e. The van der Waals surface area contributed by atoms with Gasteiger partial charge >= 0.3 is 0 Å². The fourth-order valence-corrected chi connectivity index (χ4v) is 4.07. The Kier molecular flexibility index (Phi) is 4.35. The molecule has 0 unspecified atom stereocenters. The normalized spacial score (nSPS) is 18.9. The number of nitrogens with zero attached hydrogens (tertiary/aromatic N) is 1. The number of rotatable bonds is 3. The molecule has 2 aromatic rings. The van der Waals surface area contributed by atoms with Gasteiger partial charge in [-0.3, -0.25) is 4.79 Å². The van der Waals surface area contributed by atoms with Crippen LogP contribution in [0.5, 0.6) is 0 Å². The molecule has 0 aliphatic carbocycles. The number of hydrogen-bond donors (Lipinski definition) is 2. The van der Waals surface area contributed by atoms with Crippen LogP contribution in [0.1, 0.15) is 23.3 Å². The first kappa shape index (κ1) is 14.0. The van der Waals surface area contributed by atoms with Gasteiger partial charge in [-0.05, 0) is 31.5 Å². The van der Waals surface area contributed by atoms with Gasteiger partial charge in [0.1, 0.15) is 10.7 Å². The molecular formula is C13H14ClN3OS2. The molecule has 20 heavy (non-hydrogen) atoms. The number of nitrogens with one attached hydrogen (secondary N) is 2. The quantitative estimate of drug-likeness (QED) is 0.911. The van der Waals surface area contributed by atoms with Crippen LogP contribution in [0.15, 0.2) is 17.5 Å². The molecule has 3 heterocycles.